The summed E-state index contributed by atoms with van der Waals surface area (Å²) in [5.41, 5.74) is 3.68. The van der Waals surface area contributed by atoms with Crippen LogP contribution in [0.3, 0.4) is 0 Å². The van der Waals surface area contributed by atoms with Crippen molar-refractivity contribution >= 4 is 18.1 Å². The number of benzene rings is 1. The number of likely N-dealkylation sites (N-methyl/N-ethyl adjacent to an activating group) is 1. The number of carbonyl (C=O) groups excluding carboxylic acids is 2. The minimum atomic E-state index is -0.199. The molecule has 2 saturated heterocycles. The molecule has 5 rings (SSSR count). The van der Waals surface area contributed by atoms with Gasteiger partial charge in [0.1, 0.15) is 17.3 Å². The van der Waals surface area contributed by atoms with E-state index < -0.39 is 0 Å². The quantitative estimate of drug-likeness (QED) is 0.574. The van der Waals surface area contributed by atoms with E-state index in [1.165, 1.54) is 6.26 Å². The molecule has 0 unspecified atom stereocenters. The van der Waals surface area contributed by atoms with E-state index in [-0.39, 0.29) is 17.3 Å². The molecule has 3 aliphatic heterocycles. The molecule has 0 atom stereocenters. The second kappa shape index (κ2) is 12.2. The molecule has 2 N–H and O–H groups in total. The van der Waals surface area contributed by atoms with Crippen molar-refractivity contribution in [2.45, 2.75) is 59.0 Å². The number of fused-ring (bicyclic) bond motifs is 3. The number of nitrogens with one attached hydrogen (secondary N) is 1. The average molecular weight is 513 g/mol. The third-order valence-electron chi connectivity index (χ3n) is 7.28. The summed E-state index contributed by atoms with van der Waals surface area (Å²) in [6, 6.07) is 5.19. The number of hydrogen-bond acceptors (Lipinski definition) is 6. The fourth-order valence-electron chi connectivity index (χ4n) is 5.44. The topological polar surface area (TPSA) is 98.5 Å². The Hall–Kier alpha value is -3.46. The minimum Gasteiger partial charge on any atom is -0.508 e. The van der Waals surface area contributed by atoms with Crippen molar-refractivity contribution < 1.29 is 23.8 Å². The molecule has 0 saturated carbocycles. The van der Waals surface area contributed by atoms with E-state index >= 15 is 0 Å². The van der Waals surface area contributed by atoms with Gasteiger partial charge in [0.15, 0.2) is 0 Å². The van der Waals surface area contributed by atoms with E-state index in [0.717, 1.165) is 54.2 Å². The number of methoxy groups -OCH3 is 1. The molecule has 2 fully saturated rings. The average Bonchev–Trinajstić information content (AvgIpc) is 3.31. The lowest BCUT2D eigenvalue weighted by Gasteiger charge is -2.43. The molecule has 2 aromatic rings. The number of aromatic hydroxyl groups is 1. The van der Waals surface area contributed by atoms with Gasteiger partial charge in [-0.05, 0) is 51.8 Å². The lowest BCUT2D eigenvalue weighted by atomic mass is 9.83. The molecule has 9 nitrogen and oxygen atoms in total. The summed E-state index contributed by atoms with van der Waals surface area (Å²) < 4.78 is 10.4. The van der Waals surface area contributed by atoms with Crippen LogP contribution in [0.1, 0.15) is 50.5 Å². The van der Waals surface area contributed by atoms with Crippen LogP contribution in [0.2, 0.25) is 0 Å². The van der Waals surface area contributed by atoms with E-state index in [1.807, 2.05) is 18.7 Å². The normalized spacial score (nSPS) is 17.9. The Morgan fingerprint density at radius 3 is 2.51 bits per heavy atom. The maximum Gasteiger partial charge on any atom is 0.325 e. The van der Waals surface area contributed by atoms with Crippen LogP contribution in [0, 0.1) is 6.92 Å². The van der Waals surface area contributed by atoms with Gasteiger partial charge in [0.2, 0.25) is 6.41 Å². The number of anilines is 1. The number of amides is 3. The van der Waals surface area contributed by atoms with Gasteiger partial charge in [0.05, 0.1) is 31.1 Å². The number of carbonyl (C=O) groups is 2. The van der Waals surface area contributed by atoms with Crippen LogP contribution in [0.25, 0.3) is 0 Å². The van der Waals surface area contributed by atoms with Crippen molar-refractivity contribution in [3.63, 3.8) is 0 Å². The van der Waals surface area contributed by atoms with Gasteiger partial charge < -0.3 is 29.4 Å². The van der Waals surface area contributed by atoms with Crippen molar-refractivity contribution in [1.82, 2.24) is 14.7 Å². The highest BCUT2D eigenvalue weighted by Crippen LogP contribution is 2.46. The Bertz CT molecular complexity index is 1120. The molecular formula is C28H40N4O5. The maximum atomic E-state index is 13.2. The number of furan rings is 1. The van der Waals surface area contributed by atoms with Crippen molar-refractivity contribution in [1.29, 1.82) is 0 Å². The van der Waals surface area contributed by atoms with E-state index in [1.54, 1.807) is 32.2 Å². The zero-order valence-corrected chi connectivity index (χ0v) is 22.8. The number of phenols is 1. The third-order valence-corrected chi connectivity index (χ3v) is 7.28. The number of aryl methyl sites for hydroxylation is 1. The number of phenolic OH excluding ortho intramolecular Hbond substituents is 1. The van der Waals surface area contributed by atoms with Crippen LogP contribution in [0.15, 0.2) is 40.7 Å². The lowest BCUT2D eigenvalue weighted by molar-refractivity contribution is -0.105. The highest BCUT2D eigenvalue weighted by Gasteiger charge is 2.54. The second-order valence-corrected chi connectivity index (χ2v) is 9.18. The van der Waals surface area contributed by atoms with Crippen LogP contribution in [-0.2, 0) is 17.8 Å². The molecule has 1 aromatic carbocycles. The monoisotopic (exact) mass is 512 g/mol. The van der Waals surface area contributed by atoms with Crippen molar-refractivity contribution in [3.8, 4) is 11.5 Å². The Labute approximate surface area is 219 Å². The first-order valence-corrected chi connectivity index (χ1v) is 13.0. The summed E-state index contributed by atoms with van der Waals surface area (Å²) in [6.07, 6.45) is 7.00. The summed E-state index contributed by atoms with van der Waals surface area (Å²) in [6.45, 7) is 11.0. The van der Waals surface area contributed by atoms with Crippen LogP contribution in [0.5, 0.6) is 11.5 Å². The molecule has 3 amide bonds. The highest BCUT2D eigenvalue weighted by atomic mass is 16.5. The lowest BCUT2D eigenvalue weighted by Crippen LogP contribution is -2.52. The summed E-state index contributed by atoms with van der Waals surface area (Å²) in [7, 11) is 3.76. The van der Waals surface area contributed by atoms with E-state index in [9.17, 15) is 14.7 Å². The highest BCUT2D eigenvalue weighted by molar-refractivity contribution is 5.83. The standard InChI is InChI=1S/C20H27N3O3.C6H7NO2.C2H6/c1-4-23-19(25)22-13-14-11-15(24)12-17(26-3)16(14)5-6-18(22)20(23)7-9-21(2)10-8-20;1-5-6(7-4-8)2-3-9-5;1-2/h6,11-12,24H,4-5,7-10,13H2,1-3H3;2-4H,1H3,(H,7,8);1-2H3. The molecule has 4 heterocycles. The number of allylic oxidation sites excluding steroid dienone is 1. The fourth-order valence-corrected chi connectivity index (χ4v) is 5.44. The number of urea groups is 1. The minimum absolute atomic E-state index is 0.0819. The van der Waals surface area contributed by atoms with Gasteiger partial charge in [-0.1, -0.05) is 19.9 Å². The summed E-state index contributed by atoms with van der Waals surface area (Å²) in [5, 5.41) is 12.5. The van der Waals surface area contributed by atoms with Crippen LogP contribution >= 0.6 is 0 Å². The predicted octanol–water partition coefficient (Wildman–Crippen LogP) is 4.75. The molecular weight excluding hydrogens is 472 g/mol. The first kappa shape index (κ1) is 28.1. The SMILES string of the molecule is CC.CCN1C(=O)N2Cc3cc(O)cc(OC)c3CC=C2C12CCN(C)CC2.Cc1occc1NC=O. The molecule has 0 radical (unpaired) electrons. The molecule has 37 heavy (non-hydrogen) atoms. The van der Waals surface area contributed by atoms with Crippen molar-refractivity contribution in [2.75, 3.05) is 39.1 Å². The number of ether oxygens (including phenoxy) is 1. The van der Waals surface area contributed by atoms with Gasteiger partial charge in [0, 0.05) is 43.0 Å². The van der Waals surface area contributed by atoms with Crippen molar-refractivity contribution in [3.05, 3.63) is 53.1 Å². The Balaban J connectivity index is 0.000000291. The van der Waals surface area contributed by atoms with Gasteiger partial charge in [-0.2, -0.15) is 0 Å². The van der Waals surface area contributed by atoms with Gasteiger partial charge in [-0.25, -0.2) is 4.79 Å². The van der Waals surface area contributed by atoms with Gasteiger partial charge in [0.25, 0.3) is 0 Å². The zero-order valence-electron chi connectivity index (χ0n) is 22.8. The summed E-state index contributed by atoms with van der Waals surface area (Å²) in [4.78, 5) is 29.4. The van der Waals surface area contributed by atoms with Crippen LogP contribution in [0.4, 0.5) is 10.5 Å². The Morgan fingerprint density at radius 2 is 1.95 bits per heavy atom. The summed E-state index contributed by atoms with van der Waals surface area (Å²) in [5.74, 6) is 1.59. The van der Waals surface area contributed by atoms with Crippen LogP contribution < -0.4 is 10.1 Å². The first-order chi connectivity index (χ1) is 17.8. The van der Waals surface area contributed by atoms with Crippen molar-refractivity contribution in [2.24, 2.45) is 0 Å². The predicted molar refractivity (Wildman–Crippen MR) is 144 cm³/mol. The molecule has 202 valence electrons. The molecule has 0 bridgehead atoms. The zero-order chi connectivity index (χ0) is 27.2. The molecule has 1 aromatic heterocycles. The van der Waals surface area contributed by atoms with E-state index in [4.69, 9.17) is 9.15 Å². The number of likely N-dealkylation sites (tertiary alicyclic amines) is 1. The number of piperidine rings is 1. The van der Waals surface area contributed by atoms with E-state index in [0.29, 0.717) is 31.7 Å². The first-order valence-electron chi connectivity index (χ1n) is 13.0. The Morgan fingerprint density at radius 1 is 1.24 bits per heavy atom. The number of nitrogens with zero attached hydrogens (tertiary/aromatic N) is 3. The third kappa shape index (κ3) is 5.46. The molecule has 1 spiro atoms. The summed E-state index contributed by atoms with van der Waals surface area (Å²) >= 11 is 0. The fraction of sp³-hybridized carbons (Fsp3) is 0.500. The second-order valence-electron chi connectivity index (χ2n) is 9.18. The molecule has 3 aliphatic rings. The largest absolute Gasteiger partial charge is 0.508 e. The molecule has 9 heteroatoms. The van der Waals surface area contributed by atoms with Gasteiger partial charge >= 0.3 is 6.03 Å². The number of hydrogen-bond donors (Lipinski definition) is 2. The smallest absolute Gasteiger partial charge is 0.325 e. The number of rotatable bonds is 4. The van der Waals surface area contributed by atoms with Crippen LogP contribution in [-0.4, -0.2) is 71.6 Å². The van der Waals surface area contributed by atoms with E-state index in [2.05, 4.69) is 35.2 Å². The van der Waals surface area contributed by atoms with Gasteiger partial charge in [-0.15, -0.1) is 0 Å². The molecule has 0 aliphatic carbocycles. The van der Waals surface area contributed by atoms with Gasteiger partial charge in [-0.3, -0.25) is 9.69 Å². The maximum absolute atomic E-state index is 13.2. The Kier molecular flexibility index (Phi) is 9.26.